The fourth-order valence-corrected chi connectivity index (χ4v) is 3.39. The summed E-state index contributed by atoms with van der Waals surface area (Å²) in [6.45, 7) is 11.6. The fraction of sp³-hybridized carbons (Fsp3) is 0.560. The van der Waals surface area contributed by atoms with Gasteiger partial charge >= 0.3 is 5.97 Å². The molecular weight excluding hydrogens is 408 g/mol. The van der Waals surface area contributed by atoms with Gasteiger partial charge in [0, 0.05) is 0 Å². The Morgan fingerprint density at radius 1 is 1.00 bits per heavy atom. The largest absolute Gasteiger partial charge is 0.341 e. The Kier molecular flexibility index (Phi) is 13.0. The monoisotopic (exact) mass is 446 g/mol. The Morgan fingerprint density at radius 2 is 1.62 bits per heavy atom. The summed E-state index contributed by atoms with van der Waals surface area (Å²) in [7, 11) is 0. The average molecular weight is 447 g/mol. The molecule has 1 rings (SSSR count). The van der Waals surface area contributed by atoms with Crippen molar-refractivity contribution in [1.29, 1.82) is 0 Å². The highest BCUT2D eigenvalue weighted by Crippen LogP contribution is 2.25. The molecule has 0 aliphatic heterocycles. The predicted molar refractivity (Wildman–Crippen MR) is 124 cm³/mol. The zero-order valence-corrected chi connectivity index (χ0v) is 19.8. The summed E-state index contributed by atoms with van der Waals surface area (Å²) in [5, 5.41) is 0. The zero-order valence-electron chi connectivity index (χ0n) is 19.8. The molecule has 0 aliphatic carbocycles. The van der Waals surface area contributed by atoms with Crippen LogP contribution in [0.1, 0.15) is 65.4 Å². The van der Waals surface area contributed by atoms with E-state index in [1.54, 1.807) is 6.08 Å². The molecule has 0 radical (unpaired) electrons. The van der Waals surface area contributed by atoms with Gasteiger partial charge in [-0.2, -0.15) is 5.48 Å². The van der Waals surface area contributed by atoms with E-state index in [-0.39, 0.29) is 24.3 Å². The lowest BCUT2D eigenvalue weighted by atomic mass is 9.82. The number of carbonyl (C=O) groups is 3. The molecule has 1 aromatic rings. The molecule has 0 spiro atoms. The van der Waals surface area contributed by atoms with E-state index in [4.69, 9.17) is 9.68 Å². The SMILES string of the molecule is C=CC[C@H](C(=O)NOC(CC)CC)[C@@H](CC(C)C)C(=O)NOC(=O)CCc1ccccc1. The van der Waals surface area contributed by atoms with Crippen molar-refractivity contribution in [3.63, 3.8) is 0 Å². The lowest BCUT2D eigenvalue weighted by molar-refractivity contribution is -0.162. The third-order valence-corrected chi connectivity index (χ3v) is 5.27. The average Bonchev–Trinajstić information content (AvgIpc) is 2.79. The van der Waals surface area contributed by atoms with Crippen LogP contribution in [0.4, 0.5) is 0 Å². The molecule has 7 nitrogen and oxygen atoms in total. The van der Waals surface area contributed by atoms with Gasteiger partial charge in [0.2, 0.25) is 5.91 Å². The number of rotatable bonds is 14. The van der Waals surface area contributed by atoms with Crippen molar-refractivity contribution in [1.82, 2.24) is 11.0 Å². The summed E-state index contributed by atoms with van der Waals surface area (Å²) in [5.41, 5.74) is 5.78. The molecule has 0 bridgehead atoms. The van der Waals surface area contributed by atoms with E-state index in [1.165, 1.54) is 0 Å². The van der Waals surface area contributed by atoms with Crippen molar-refractivity contribution in [2.24, 2.45) is 17.8 Å². The lowest BCUT2D eigenvalue weighted by Crippen LogP contribution is -2.44. The molecule has 0 fully saturated rings. The first-order valence-electron chi connectivity index (χ1n) is 11.4. The summed E-state index contributed by atoms with van der Waals surface area (Å²) in [6.07, 6.45) is 4.43. The summed E-state index contributed by atoms with van der Waals surface area (Å²) in [6, 6.07) is 9.55. The van der Waals surface area contributed by atoms with Gasteiger partial charge < -0.3 is 4.84 Å². The minimum absolute atomic E-state index is 0.0914. The van der Waals surface area contributed by atoms with E-state index in [1.807, 2.05) is 58.0 Å². The van der Waals surface area contributed by atoms with Crippen LogP contribution in [0.25, 0.3) is 0 Å². The van der Waals surface area contributed by atoms with E-state index in [0.29, 0.717) is 19.3 Å². The second-order valence-electron chi connectivity index (χ2n) is 8.32. The Morgan fingerprint density at radius 3 is 2.19 bits per heavy atom. The molecule has 2 amide bonds. The van der Waals surface area contributed by atoms with E-state index in [0.717, 1.165) is 18.4 Å². The number of hydrogen-bond donors (Lipinski definition) is 2. The van der Waals surface area contributed by atoms with Gasteiger partial charge in [0.1, 0.15) is 0 Å². The smallest absolute Gasteiger partial charge is 0.332 e. The Bertz CT molecular complexity index is 716. The molecule has 0 saturated heterocycles. The van der Waals surface area contributed by atoms with Gasteiger partial charge in [-0.1, -0.05) is 64.1 Å². The normalized spacial score (nSPS) is 12.8. The maximum absolute atomic E-state index is 12.9. The van der Waals surface area contributed by atoms with Crippen LogP contribution in [0.5, 0.6) is 0 Å². The van der Waals surface area contributed by atoms with E-state index in [2.05, 4.69) is 17.5 Å². The van der Waals surface area contributed by atoms with Crippen LogP contribution in [-0.4, -0.2) is 23.9 Å². The number of amides is 2. The van der Waals surface area contributed by atoms with Gasteiger partial charge in [-0.15, -0.1) is 6.58 Å². The highest BCUT2D eigenvalue weighted by atomic mass is 16.7. The molecule has 1 aromatic carbocycles. The number of nitrogens with one attached hydrogen (secondary N) is 2. The molecular formula is C25H38N2O5. The Balaban J connectivity index is 2.74. The van der Waals surface area contributed by atoms with Crippen LogP contribution in [0.3, 0.4) is 0 Å². The van der Waals surface area contributed by atoms with Crippen molar-refractivity contribution in [3.05, 3.63) is 48.6 Å². The van der Waals surface area contributed by atoms with Crippen LogP contribution in [0, 0.1) is 17.8 Å². The number of hydroxylamine groups is 2. The highest BCUT2D eigenvalue weighted by molar-refractivity contribution is 5.87. The predicted octanol–water partition coefficient (Wildman–Crippen LogP) is 4.28. The Labute approximate surface area is 191 Å². The molecule has 2 atom stereocenters. The Hall–Kier alpha value is -2.67. The van der Waals surface area contributed by atoms with E-state index < -0.39 is 23.7 Å². The van der Waals surface area contributed by atoms with Crippen LogP contribution in [-0.2, 0) is 30.5 Å². The number of benzene rings is 1. The number of carbonyl (C=O) groups excluding carboxylic acids is 3. The molecule has 0 aliphatic rings. The van der Waals surface area contributed by atoms with Crippen LogP contribution >= 0.6 is 0 Å². The zero-order chi connectivity index (χ0) is 23.9. The number of allylic oxidation sites excluding steroid dienone is 1. The standard InChI is InChI=1S/C25H38N2O5/c1-6-12-21(24(29)26-31-20(7-2)8-3)22(17-18(4)5)25(30)27-32-23(28)16-15-19-13-10-9-11-14-19/h6,9-11,13-14,18,20-22H,1,7-8,12,15-17H2,2-5H3,(H,26,29)(H,27,30)/t21-,22+/m0/s1. The van der Waals surface area contributed by atoms with Crippen molar-refractivity contribution < 1.29 is 24.1 Å². The number of aryl methyl sites for hydroxylation is 1. The van der Waals surface area contributed by atoms with E-state index >= 15 is 0 Å². The van der Waals surface area contributed by atoms with Crippen molar-refractivity contribution in [2.75, 3.05) is 0 Å². The van der Waals surface area contributed by atoms with Crippen LogP contribution in [0.2, 0.25) is 0 Å². The molecule has 7 heteroatoms. The van der Waals surface area contributed by atoms with Gasteiger partial charge in [0.05, 0.1) is 24.4 Å². The fourth-order valence-electron chi connectivity index (χ4n) is 3.39. The number of hydrogen-bond acceptors (Lipinski definition) is 5. The lowest BCUT2D eigenvalue weighted by Gasteiger charge is -2.26. The summed E-state index contributed by atoms with van der Waals surface area (Å²) >= 11 is 0. The van der Waals surface area contributed by atoms with Gasteiger partial charge in [-0.25, -0.2) is 10.3 Å². The second-order valence-corrected chi connectivity index (χ2v) is 8.32. The van der Waals surface area contributed by atoms with Crippen LogP contribution < -0.4 is 11.0 Å². The first-order chi connectivity index (χ1) is 15.3. The molecule has 0 heterocycles. The van der Waals surface area contributed by atoms with Crippen molar-refractivity contribution in [2.45, 2.75) is 72.3 Å². The summed E-state index contributed by atoms with van der Waals surface area (Å²) < 4.78 is 0. The van der Waals surface area contributed by atoms with E-state index in [9.17, 15) is 14.4 Å². The maximum Gasteiger partial charge on any atom is 0.332 e. The minimum atomic E-state index is -0.694. The van der Waals surface area contributed by atoms with Gasteiger partial charge in [0.15, 0.2) is 0 Å². The molecule has 0 saturated carbocycles. The van der Waals surface area contributed by atoms with Gasteiger partial charge in [-0.05, 0) is 43.6 Å². The molecule has 178 valence electrons. The first-order valence-corrected chi connectivity index (χ1v) is 11.4. The minimum Gasteiger partial charge on any atom is -0.341 e. The molecule has 0 unspecified atom stereocenters. The summed E-state index contributed by atoms with van der Waals surface area (Å²) in [5.74, 6) is -2.65. The maximum atomic E-state index is 12.9. The molecule has 32 heavy (non-hydrogen) atoms. The summed E-state index contributed by atoms with van der Waals surface area (Å²) in [4.78, 5) is 48.3. The van der Waals surface area contributed by atoms with Crippen molar-refractivity contribution >= 4 is 17.8 Å². The third kappa shape index (κ3) is 10.1. The topological polar surface area (TPSA) is 93.7 Å². The molecule has 0 aromatic heterocycles. The van der Waals surface area contributed by atoms with Gasteiger partial charge in [0.25, 0.3) is 5.91 Å². The molecule has 2 N–H and O–H groups in total. The third-order valence-electron chi connectivity index (χ3n) is 5.27. The van der Waals surface area contributed by atoms with Crippen LogP contribution in [0.15, 0.2) is 43.0 Å². The highest BCUT2D eigenvalue weighted by Gasteiger charge is 2.34. The second kappa shape index (κ2) is 15.2. The first kappa shape index (κ1) is 27.4. The van der Waals surface area contributed by atoms with Gasteiger partial charge in [-0.3, -0.25) is 14.4 Å². The quantitative estimate of drug-likeness (QED) is 0.329. The van der Waals surface area contributed by atoms with Crippen molar-refractivity contribution in [3.8, 4) is 0 Å².